The van der Waals surface area contributed by atoms with Gasteiger partial charge in [0, 0.05) is 17.8 Å². The smallest absolute Gasteiger partial charge is 0.349 e. The van der Waals surface area contributed by atoms with E-state index in [0.717, 1.165) is 5.56 Å². The molecule has 3 aromatic rings. The van der Waals surface area contributed by atoms with E-state index in [1.807, 2.05) is 13.8 Å². The number of aromatic nitrogens is 4. The number of alkyl halides is 2. The van der Waals surface area contributed by atoms with Gasteiger partial charge in [-0.1, -0.05) is 11.6 Å². The van der Waals surface area contributed by atoms with E-state index >= 15 is 0 Å². The van der Waals surface area contributed by atoms with Gasteiger partial charge in [0.25, 0.3) is 12.2 Å². The van der Waals surface area contributed by atoms with Gasteiger partial charge in [-0.2, -0.15) is 4.98 Å². The van der Waals surface area contributed by atoms with Gasteiger partial charge in [0.15, 0.2) is 11.3 Å². The molecule has 1 saturated heterocycles. The van der Waals surface area contributed by atoms with Crippen molar-refractivity contribution in [3.05, 3.63) is 40.9 Å². The van der Waals surface area contributed by atoms with Gasteiger partial charge < -0.3 is 10.1 Å². The lowest BCUT2D eigenvalue weighted by molar-refractivity contribution is -0.857. The maximum absolute atomic E-state index is 13.2. The summed E-state index contributed by atoms with van der Waals surface area (Å²) in [6.45, 7) is 2.75. The topological polar surface area (TPSA) is 116 Å². The molecule has 36 heavy (non-hydrogen) atoms. The second-order valence-corrected chi connectivity index (χ2v) is 11.6. The van der Waals surface area contributed by atoms with Gasteiger partial charge in [-0.25, -0.2) is 26.7 Å². The molecular weight excluding hydrogens is 520 g/mol. The standard InChI is InChI=1S/C22H24ClF2N5O5S/c1-13-4-7-30(35-20-15(34-12-16(24)25)10-14(23)11-26-20)21-17(13)27-18(29(21)3)19(31)28-22(2)5-8-36(32,33)9-6-22/h4,7,10-11,16H,5-6,8-9,12H2,1-3H3/p+1. The summed E-state index contributed by atoms with van der Waals surface area (Å²) in [7, 11) is -1.47. The first kappa shape index (κ1) is 26.0. The molecule has 0 unspecified atom stereocenters. The van der Waals surface area contributed by atoms with Gasteiger partial charge in [0.1, 0.15) is 22.6 Å². The number of amides is 1. The molecular formula is C22H25ClF2N5O5S+. The van der Waals surface area contributed by atoms with Crippen LogP contribution in [0.4, 0.5) is 8.78 Å². The summed E-state index contributed by atoms with van der Waals surface area (Å²) in [6.07, 6.45) is 0.750. The Bertz CT molecular complexity index is 1420. The molecule has 4 rings (SSSR count). The van der Waals surface area contributed by atoms with Crippen LogP contribution in [0, 0.1) is 6.92 Å². The molecule has 3 aromatic heterocycles. The van der Waals surface area contributed by atoms with E-state index in [1.165, 1.54) is 21.6 Å². The first-order valence-electron chi connectivity index (χ1n) is 11.0. The number of aryl methyl sites for hydroxylation is 2. The molecule has 1 amide bonds. The lowest BCUT2D eigenvalue weighted by Crippen LogP contribution is -2.51. The van der Waals surface area contributed by atoms with Crippen molar-refractivity contribution in [3.63, 3.8) is 0 Å². The van der Waals surface area contributed by atoms with Crippen molar-refractivity contribution in [2.24, 2.45) is 7.05 Å². The van der Waals surface area contributed by atoms with Crippen molar-refractivity contribution in [2.75, 3.05) is 18.1 Å². The number of carbonyl (C=O) groups is 1. The molecule has 0 bridgehead atoms. The van der Waals surface area contributed by atoms with Crippen LogP contribution in [0.5, 0.6) is 11.6 Å². The summed E-state index contributed by atoms with van der Waals surface area (Å²) in [5.74, 6) is -0.564. The molecule has 0 aromatic carbocycles. The third-order valence-corrected chi connectivity index (χ3v) is 7.85. The molecule has 1 fully saturated rings. The molecule has 0 spiro atoms. The number of fused-ring (bicyclic) bond motifs is 1. The lowest BCUT2D eigenvalue weighted by Gasteiger charge is -2.33. The number of hydrogen-bond donors (Lipinski definition) is 1. The van der Waals surface area contributed by atoms with Crippen LogP contribution in [0.3, 0.4) is 0 Å². The summed E-state index contributed by atoms with van der Waals surface area (Å²) < 4.78 is 56.9. The number of halogens is 3. The van der Waals surface area contributed by atoms with Crippen LogP contribution in [0.15, 0.2) is 24.5 Å². The maximum Gasteiger partial charge on any atom is 0.349 e. The van der Waals surface area contributed by atoms with E-state index in [9.17, 15) is 22.0 Å². The molecule has 14 heteroatoms. The van der Waals surface area contributed by atoms with Crippen molar-refractivity contribution < 1.29 is 36.3 Å². The molecule has 1 N–H and O–H groups in total. The zero-order chi connectivity index (χ0) is 26.3. The minimum Gasteiger partial charge on any atom is -0.482 e. The van der Waals surface area contributed by atoms with Gasteiger partial charge >= 0.3 is 17.4 Å². The van der Waals surface area contributed by atoms with E-state index in [-0.39, 0.29) is 34.0 Å². The van der Waals surface area contributed by atoms with Gasteiger partial charge in [-0.05, 0) is 43.0 Å². The van der Waals surface area contributed by atoms with Gasteiger partial charge in [-0.3, -0.25) is 9.63 Å². The summed E-state index contributed by atoms with van der Waals surface area (Å²) in [6, 6.07) is 3.02. The van der Waals surface area contributed by atoms with E-state index in [4.69, 9.17) is 21.2 Å². The zero-order valence-corrected chi connectivity index (χ0v) is 21.4. The van der Waals surface area contributed by atoms with Crippen LogP contribution in [0.25, 0.3) is 11.2 Å². The van der Waals surface area contributed by atoms with Crippen LogP contribution in [-0.2, 0) is 16.9 Å². The van der Waals surface area contributed by atoms with Crippen LogP contribution < -0.4 is 19.6 Å². The van der Waals surface area contributed by atoms with Crippen LogP contribution in [0.2, 0.25) is 5.02 Å². The quantitative estimate of drug-likeness (QED) is 0.454. The summed E-state index contributed by atoms with van der Waals surface area (Å²) in [5.41, 5.74) is 0.929. The van der Waals surface area contributed by atoms with E-state index in [2.05, 4.69) is 15.3 Å². The second kappa shape index (κ2) is 9.77. The summed E-state index contributed by atoms with van der Waals surface area (Å²) in [4.78, 5) is 27.6. The fourth-order valence-corrected chi connectivity index (χ4v) is 5.76. The van der Waals surface area contributed by atoms with E-state index in [1.54, 1.807) is 19.3 Å². The van der Waals surface area contributed by atoms with Gasteiger partial charge in [0.05, 0.1) is 23.6 Å². The second-order valence-electron chi connectivity index (χ2n) is 8.91. The first-order chi connectivity index (χ1) is 16.9. The fraction of sp³-hybridized carbons (Fsp3) is 0.455. The van der Waals surface area contributed by atoms with Crippen molar-refractivity contribution in [2.45, 2.75) is 38.7 Å². The van der Waals surface area contributed by atoms with Crippen molar-refractivity contribution >= 4 is 38.5 Å². The highest BCUT2D eigenvalue weighted by atomic mass is 35.5. The third kappa shape index (κ3) is 5.51. The Hall–Kier alpha value is -3.06. The Morgan fingerprint density at radius 3 is 2.72 bits per heavy atom. The maximum atomic E-state index is 13.2. The lowest BCUT2D eigenvalue weighted by atomic mass is 9.95. The van der Waals surface area contributed by atoms with Crippen LogP contribution in [-0.4, -0.2) is 58.9 Å². The minimum atomic E-state index is -3.10. The largest absolute Gasteiger partial charge is 0.482 e. The van der Waals surface area contributed by atoms with Crippen LogP contribution in [0.1, 0.15) is 35.9 Å². The van der Waals surface area contributed by atoms with Crippen molar-refractivity contribution in [3.8, 4) is 11.6 Å². The number of nitrogens with zero attached hydrogens (tertiary/aromatic N) is 4. The molecule has 0 radical (unpaired) electrons. The molecule has 194 valence electrons. The number of imidazole rings is 1. The van der Waals surface area contributed by atoms with E-state index in [0.29, 0.717) is 24.0 Å². The van der Waals surface area contributed by atoms with Gasteiger partial charge in [-0.15, -0.1) is 0 Å². The predicted molar refractivity (Wildman–Crippen MR) is 126 cm³/mol. The Morgan fingerprint density at radius 2 is 2.06 bits per heavy atom. The first-order valence-corrected chi connectivity index (χ1v) is 13.2. The van der Waals surface area contributed by atoms with Crippen molar-refractivity contribution in [1.29, 1.82) is 0 Å². The summed E-state index contributed by atoms with van der Waals surface area (Å²) in [5, 5.41) is 3.10. The molecule has 10 nitrogen and oxygen atoms in total. The highest BCUT2D eigenvalue weighted by Gasteiger charge is 2.37. The normalized spacial score (nSPS) is 16.8. The Balaban J connectivity index is 1.66. The van der Waals surface area contributed by atoms with E-state index < -0.39 is 34.3 Å². The van der Waals surface area contributed by atoms with Gasteiger partial charge in [0.2, 0.25) is 0 Å². The molecule has 1 aliphatic rings. The van der Waals surface area contributed by atoms with Crippen LogP contribution >= 0.6 is 11.6 Å². The van der Waals surface area contributed by atoms with Crippen molar-refractivity contribution in [1.82, 2.24) is 19.9 Å². The predicted octanol–water partition coefficient (Wildman–Crippen LogP) is 2.40. The fourth-order valence-electron chi connectivity index (χ4n) is 3.88. The number of sulfone groups is 1. The number of hydrogen-bond acceptors (Lipinski definition) is 7. The highest BCUT2D eigenvalue weighted by Crippen LogP contribution is 2.28. The highest BCUT2D eigenvalue weighted by molar-refractivity contribution is 7.91. The zero-order valence-electron chi connectivity index (χ0n) is 19.8. The molecule has 0 aliphatic carbocycles. The number of rotatable bonds is 7. The number of ether oxygens (including phenoxy) is 1. The molecule has 0 saturated carbocycles. The monoisotopic (exact) mass is 544 g/mol. The third-order valence-electron chi connectivity index (χ3n) is 5.99. The average Bonchev–Trinajstić information content (AvgIpc) is 3.16. The SMILES string of the molecule is Cc1cc[n+](Oc2ncc(Cl)cc2OCC(F)F)c2c1nc(C(=O)NC1(C)CCS(=O)(=O)CC1)n2C. The molecule has 4 heterocycles. The minimum absolute atomic E-state index is 0.00330. The number of carbonyl (C=O) groups excluding carboxylic acids is 1. The average molecular weight is 545 g/mol. The Morgan fingerprint density at radius 1 is 1.36 bits per heavy atom. The number of pyridine rings is 2. The Labute approximate surface area is 211 Å². The number of nitrogens with one attached hydrogen (secondary N) is 1. The Kier molecular flexibility index (Phi) is 7.06. The summed E-state index contributed by atoms with van der Waals surface area (Å²) >= 11 is 5.94. The molecule has 1 aliphatic heterocycles. The molecule has 0 atom stereocenters.